The first kappa shape index (κ1) is 19.9. The summed E-state index contributed by atoms with van der Waals surface area (Å²) in [5.41, 5.74) is 2.90. The largest absolute Gasteiger partial charge is 0.496 e. The van der Waals surface area contributed by atoms with E-state index in [0.29, 0.717) is 17.2 Å². The van der Waals surface area contributed by atoms with Gasteiger partial charge >= 0.3 is 0 Å². The van der Waals surface area contributed by atoms with Crippen molar-refractivity contribution in [1.29, 1.82) is 0 Å². The van der Waals surface area contributed by atoms with E-state index in [1.165, 1.54) is 25.0 Å². The summed E-state index contributed by atoms with van der Waals surface area (Å²) in [4.78, 5) is 7.24. The zero-order valence-electron chi connectivity index (χ0n) is 16.7. The molecule has 0 spiro atoms. The third-order valence-electron chi connectivity index (χ3n) is 5.23. The number of aromatic nitrogens is 2. The molecule has 0 saturated heterocycles. The Hall–Kier alpha value is -2.37. The predicted octanol–water partition coefficient (Wildman–Crippen LogP) is 5.11. The Kier molecular flexibility index (Phi) is 5.88. The Morgan fingerprint density at radius 2 is 1.97 bits per heavy atom. The van der Waals surface area contributed by atoms with Crippen LogP contribution in [0.15, 0.2) is 48.7 Å². The molecule has 152 valence electrons. The molecule has 0 bridgehead atoms. The van der Waals surface area contributed by atoms with Crippen molar-refractivity contribution in [2.24, 2.45) is 5.92 Å². The van der Waals surface area contributed by atoms with Crippen LogP contribution in [0.4, 0.5) is 4.39 Å². The fourth-order valence-corrected chi connectivity index (χ4v) is 3.74. The van der Waals surface area contributed by atoms with Gasteiger partial charge in [0.25, 0.3) is 0 Å². The van der Waals surface area contributed by atoms with Gasteiger partial charge in [0.05, 0.1) is 12.8 Å². The smallest absolute Gasteiger partial charge is 0.126 e. The van der Waals surface area contributed by atoms with Gasteiger partial charge in [0, 0.05) is 48.0 Å². The van der Waals surface area contributed by atoms with E-state index in [0.717, 1.165) is 41.8 Å². The van der Waals surface area contributed by atoms with E-state index in [2.05, 4.69) is 22.7 Å². The van der Waals surface area contributed by atoms with Gasteiger partial charge in [-0.05, 0) is 56.1 Å². The maximum Gasteiger partial charge on any atom is 0.126 e. The summed E-state index contributed by atoms with van der Waals surface area (Å²) in [5.74, 6) is 1.94. The molecule has 1 heterocycles. The van der Waals surface area contributed by atoms with E-state index in [-0.39, 0.29) is 5.82 Å². The lowest BCUT2D eigenvalue weighted by Crippen LogP contribution is -2.20. The van der Waals surface area contributed by atoms with E-state index in [9.17, 15) is 4.39 Å². The van der Waals surface area contributed by atoms with Gasteiger partial charge in [0.2, 0.25) is 0 Å². The van der Waals surface area contributed by atoms with Gasteiger partial charge in [-0.25, -0.2) is 9.37 Å². The molecule has 0 unspecified atom stereocenters. The van der Waals surface area contributed by atoms with Crippen LogP contribution in [0.5, 0.6) is 5.75 Å². The molecule has 6 heteroatoms. The molecule has 0 radical (unpaired) electrons. The molecule has 1 aliphatic rings. The number of imidazole rings is 1. The van der Waals surface area contributed by atoms with Crippen molar-refractivity contribution in [3.63, 3.8) is 0 Å². The minimum Gasteiger partial charge on any atom is -0.496 e. The van der Waals surface area contributed by atoms with Crippen molar-refractivity contribution in [3.8, 4) is 11.4 Å². The van der Waals surface area contributed by atoms with Gasteiger partial charge in [-0.3, -0.25) is 0 Å². The van der Waals surface area contributed by atoms with E-state index in [1.54, 1.807) is 13.2 Å². The topological polar surface area (TPSA) is 30.3 Å². The zero-order chi connectivity index (χ0) is 20.4. The molecule has 0 amide bonds. The number of halogens is 2. The van der Waals surface area contributed by atoms with Crippen molar-refractivity contribution in [3.05, 3.63) is 76.6 Å². The first-order chi connectivity index (χ1) is 14.0. The molecule has 4 nitrogen and oxygen atoms in total. The third-order valence-corrected chi connectivity index (χ3v) is 5.48. The first-order valence-corrected chi connectivity index (χ1v) is 10.2. The van der Waals surface area contributed by atoms with E-state index >= 15 is 0 Å². The minimum atomic E-state index is -0.311. The summed E-state index contributed by atoms with van der Waals surface area (Å²) >= 11 is 6.07. The van der Waals surface area contributed by atoms with Crippen molar-refractivity contribution in [2.45, 2.75) is 25.8 Å². The van der Waals surface area contributed by atoms with Crippen molar-refractivity contribution >= 4 is 11.6 Å². The average molecular weight is 414 g/mol. The molecule has 29 heavy (non-hydrogen) atoms. The molecular formula is C23H25ClFN3O. The lowest BCUT2D eigenvalue weighted by atomic mass is 10.1. The minimum absolute atomic E-state index is 0.311. The average Bonchev–Trinajstić information content (AvgIpc) is 3.42. The summed E-state index contributed by atoms with van der Waals surface area (Å²) in [6.45, 7) is 1.90. The second kappa shape index (κ2) is 8.56. The van der Waals surface area contributed by atoms with Gasteiger partial charge in [-0.15, -0.1) is 0 Å². The van der Waals surface area contributed by atoms with Crippen LogP contribution in [-0.2, 0) is 13.0 Å². The number of rotatable bonds is 8. The highest BCUT2D eigenvalue weighted by Gasteiger charge is 2.23. The van der Waals surface area contributed by atoms with Crippen LogP contribution in [0.3, 0.4) is 0 Å². The molecule has 3 aromatic rings. The standard InChI is InChI=1S/C23H25ClFN3O/c1-27(13-16-3-4-16)14-20-15-28(21-9-6-18(24)7-10-21)23(26-20)11-17-5-8-19(25)12-22(17)29-2/h5-10,12,15-16H,3-4,11,13-14H2,1-2H3. The third kappa shape index (κ3) is 4.98. The lowest BCUT2D eigenvalue weighted by Gasteiger charge is -2.14. The fourth-order valence-electron chi connectivity index (χ4n) is 3.62. The Balaban J connectivity index is 1.65. The number of nitrogens with zero attached hydrogens (tertiary/aromatic N) is 3. The number of ether oxygens (including phenoxy) is 1. The fraction of sp³-hybridized carbons (Fsp3) is 0.348. The predicted molar refractivity (Wildman–Crippen MR) is 113 cm³/mol. The number of benzene rings is 2. The van der Waals surface area contributed by atoms with Crippen LogP contribution in [-0.4, -0.2) is 35.2 Å². The summed E-state index contributed by atoms with van der Waals surface area (Å²) in [6, 6.07) is 12.3. The van der Waals surface area contributed by atoms with Crippen molar-refractivity contribution in [2.75, 3.05) is 20.7 Å². The van der Waals surface area contributed by atoms with Gasteiger partial charge < -0.3 is 14.2 Å². The van der Waals surface area contributed by atoms with E-state index in [4.69, 9.17) is 21.3 Å². The Morgan fingerprint density at radius 3 is 2.66 bits per heavy atom. The number of methoxy groups -OCH3 is 1. The molecule has 1 saturated carbocycles. The molecule has 0 N–H and O–H groups in total. The molecule has 1 fully saturated rings. The van der Waals surface area contributed by atoms with Crippen LogP contribution < -0.4 is 4.74 Å². The van der Waals surface area contributed by atoms with Gasteiger partial charge in [0.15, 0.2) is 0 Å². The Labute approximate surface area is 175 Å². The summed E-state index contributed by atoms with van der Waals surface area (Å²) < 4.78 is 21.1. The maximum atomic E-state index is 13.6. The molecule has 2 aromatic carbocycles. The van der Waals surface area contributed by atoms with Gasteiger partial charge in [-0.1, -0.05) is 17.7 Å². The quantitative estimate of drug-likeness (QED) is 0.514. The molecule has 4 rings (SSSR count). The van der Waals surface area contributed by atoms with Crippen molar-refractivity contribution in [1.82, 2.24) is 14.5 Å². The Morgan fingerprint density at radius 1 is 1.21 bits per heavy atom. The molecule has 0 atom stereocenters. The molecular weight excluding hydrogens is 389 g/mol. The van der Waals surface area contributed by atoms with Crippen LogP contribution in [0.1, 0.15) is 29.9 Å². The van der Waals surface area contributed by atoms with Crippen molar-refractivity contribution < 1.29 is 9.13 Å². The zero-order valence-corrected chi connectivity index (χ0v) is 17.5. The molecule has 1 aliphatic carbocycles. The molecule has 1 aromatic heterocycles. The summed E-state index contributed by atoms with van der Waals surface area (Å²) in [5, 5.41) is 0.694. The highest BCUT2D eigenvalue weighted by molar-refractivity contribution is 6.30. The first-order valence-electron chi connectivity index (χ1n) is 9.86. The number of hydrogen-bond donors (Lipinski definition) is 0. The SMILES string of the molecule is COc1cc(F)ccc1Cc1nc(CN(C)CC2CC2)cn1-c1ccc(Cl)cc1. The second-order valence-corrected chi connectivity index (χ2v) is 8.20. The monoisotopic (exact) mass is 413 g/mol. The van der Waals surface area contributed by atoms with Crippen LogP contribution in [0, 0.1) is 11.7 Å². The van der Waals surface area contributed by atoms with Crippen LogP contribution >= 0.6 is 11.6 Å². The normalized spacial score (nSPS) is 13.8. The highest BCUT2D eigenvalue weighted by Crippen LogP contribution is 2.30. The lowest BCUT2D eigenvalue weighted by molar-refractivity contribution is 0.310. The van der Waals surface area contributed by atoms with Crippen LogP contribution in [0.2, 0.25) is 5.02 Å². The van der Waals surface area contributed by atoms with E-state index < -0.39 is 0 Å². The van der Waals surface area contributed by atoms with E-state index in [1.807, 2.05) is 24.3 Å². The highest BCUT2D eigenvalue weighted by atomic mass is 35.5. The maximum absolute atomic E-state index is 13.6. The number of hydrogen-bond acceptors (Lipinski definition) is 3. The molecule has 0 aliphatic heterocycles. The Bertz CT molecular complexity index is 982. The van der Waals surface area contributed by atoms with Gasteiger partial charge in [-0.2, -0.15) is 0 Å². The summed E-state index contributed by atoms with van der Waals surface area (Å²) in [7, 11) is 3.70. The van der Waals surface area contributed by atoms with Crippen LogP contribution in [0.25, 0.3) is 5.69 Å². The second-order valence-electron chi connectivity index (χ2n) is 7.77. The van der Waals surface area contributed by atoms with Gasteiger partial charge in [0.1, 0.15) is 17.4 Å². The summed E-state index contributed by atoms with van der Waals surface area (Å²) in [6.07, 6.45) is 5.29.